The molecule has 0 spiro atoms. The van der Waals surface area contributed by atoms with Crippen LogP contribution in [0.5, 0.6) is 0 Å². The van der Waals surface area contributed by atoms with Gasteiger partial charge in [0.15, 0.2) is 0 Å². The van der Waals surface area contributed by atoms with Crippen molar-refractivity contribution >= 4 is 10.2 Å². The van der Waals surface area contributed by atoms with Crippen LogP contribution in [0, 0.1) is 0 Å². The Labute approximate surface area is 105 Å². The van der Waals surface area contributed by atoms with E-state index in [0.717, 1.165) is 19.4 Å². The number of rotatable bonds is 6. The standard InChI is InChI=1S/C11H25N3O2S/c1-10(2)14(3)17(15,16)13-9-7-11-6-4-5-8-12-11/h10-13H,4-9H2,1-3H3. The fourth-order valence-corrected chi connectivity index (χ4v) is 3.05. The summed E-state index contributed by atoms with van der Waals surface area (Å²) >= 11 is 0. The van der Waals surface area contributed by atoms with E-state index in [1.54, 1.807) is 7.05 Å². The lowest BCUT2D eigenvalue weighted by Gasteiger charge is -2.25. The summed E-state index contributed by atoms with van der Waals surface area (Å²) < 4.78 is 27.6. The Balaban J connectivity index is 2.29. The van der Waals surface area contributed by atoms with E-state index in [2.05, 4.69) is 10.0 Å². The summed E-state index contributed by atoms with van der Waals surface area (Å²) in [6.45, 7) is 5.30. The molecule has 0 aromatic heterocycles. The van der Waals surface area contributed by atoms with Gasteiger partial charge < -0.3 is 5.32 Å². The van der Waals surface area contributed by atoms with Crippen molar-refractivity contribution in [2.24, 2.45) is 0 Å². The second-order valence-electron chi connectivity index (χ2n) is 4.94. The van der Waals surface area contributed by atoms with Crippen LogP contribution in [0.25, 0.3) is 0 Å². The highest BCUT2D eigenvalue weighted by molar-refractivity contribution is 7.87. The molecule has 2 N–H and O–H groups in total. The van der Waals surface area contributed by atoms with Gasteiger partial charge in [0, 0.05) is 25.7 Å². The van der Waals surface area contributed by atoms with Crippen molar-refractivity contribution in [2.45, 2.75) is 51.6 Å². The van der Waals surface area contributed by atoms with Crippen LogP contribution in [-0.4, -0.2) is 44.9 Å². The predicted octanol–water partition coefficient (Wildman–Crippen LogP) is 0.693. The molecular formula is C11H25N3O2S. The fraction of sp³-hybridized carbons (Fsp3) is 1.00. The van der Waals surface area contributed by atoms with Gasteiger partial charge in [-0.05, 0) is 39.7 Å². The average molecular weight is 263 g/mol. The number of nitrogens with zero attached hydrogens (tertiary/aromatic N) is 1. The summed E-state index contributed by atoms with van der Waals surface area (Å²) in [5.41, 5.74) is 0. The topological polar surface area (TPSA) is 61.4 Å². The van der Waals surface area contributed by atoms with Crippen molar-refractivity contribution in [2.75, 3.05) is 20.1 Å². The largest absolute Gasteiger partial charge is 0.314 e. The first-order chi connectivity index (χ1) is 7.93. The maximum Gasteiger partial charge on any atom is 0.279 e. The molecule has 1 rings (SSSR count). The minimum atomic E-state index is -3.30. The zero-order chi connectivity index (χ0) is 12.9. The number of nitrogens with one attached hydrogen (secondary N) is 2. The summed E-state index contributed by atoms with van der Waals surface area (Å²) in [5, 5.41) is 3.41. The van der Waals surface area contributed by atoms with Crippen molar-refractivity contribution in [3.63, 3.8) is 0 Å². The third kappa shape index (κ3) is 4.91. The maximum atomic E-state index is 11.8. The van der Waals surface area contributed by atoms with Gasteiger partial charge in [0.25, 0.3) is 10.2 Å². The second kappa shape index (κ2) is 6.68. The van der Waals surface area contributed by atoms with Crippen LogP contribution in [0.15, 0.2) is 0 Å². The molecule has 1 fully saturated rings. The van der Waals surface area contributed by atoms with E-state index in [0.29, 0.717) is 12.6 Å². The van der Waals surface area contributed by atoms with Gasteiger partial charge >= 0.3 is 0 Å². The fourth-order valence-electron chi connectivity index (χ4n) is 1.91. The predicted molar refractivity (Wildman–Crippen MR) is 70.1 cm³/mol. The highest BCUT2D eigenvalue weighted by Gasteiger charge is 2.20. The lowest BCUT2D eigenvalue weighted by molar-refractivity contribution is 0.375. The van der Waals surface area contributed by atoms with Crippen molar-refractivity contribution in [1.29, 1.82) is 0 Å². The minimum absolute atomic E-state index is 0.0136. The lowest BCUT2D eigenvalue weighted by Crippen LogP contribution is -2.44. The van der Waals surface area contributed by atoms with Crippen LogP contribution in [0.2, 0.25) is 0 Å². The molecule has 0 amide bonds. The Morgan fingerprint density at radius 1 is 1.41 bits per heavy atom. The van der Waals surface area contributed by atoms with E-state index in [1.165, 1.54) is 17.1 Å². The Kier molecular flexibility index (Phi) is 5.85. The summed E-state index contributed by atoms with van der Waals surface area (Å²) in [4.78, 5) is 0. The average Bonchev–Trinajstić information content (AvgIpc) is 2.29. The Morgan fingerprint density at radius 3 is 2.65 bits per heavy atom. The Bertz CT molecular complexity index is 311. The third-order valence-electron chi connectivity index (χ3n) is 3.30. The van der Waals surface area contributed by atoms with E-state index in [-0.39, 0.29) is 6.04 Å². The maximum absolute atomic E-state index is 11.8. The van der Waals surface area contributed by atoms with E-state index in [4.69, 9.17) is 0 Å². The molecule has 0 saturated carbocycles. The van der Waals surface area contributed by atoms with Gasteiger partial charge in [-0.1, -0.05) is 6.42 Å². The quantitative estimate of drug-likeness (QED) is 0.741. The third-order valence-corrected chi connectivity index (χ3v) is 5.04. The molecule has 6 heteroatoms. The molecule has 1 unspecified atom stereocenters. The van der Waals surface area contributed by atoms with E-state index in [1.807, 2.05) is 13.8 Å². The Morgan fingerprint density at radius 2 is 2.12 bits per heavy atom. The highest BCUT2D eigenvalue weighted by Crippen LogP contribution is 2.09. The van der Waals surface area contributed by atoms with E-state index < -0.39 is 10.2 Å². The molecular weight excluding hydrogens is 238 g/mol. The molecule has 0 aliphatic carbocycles. The lowest BCUT2D eigenvalue weighted by atomic mass is 10.0. The molecule has 1 saturated heterocycles. The van der Waals surface area contributed by atoms with Gasteiger partial charge in [0.1, 0.15) is 0 Å². The van der Waals surface area contributed by atoms with Gasteiger partial charge in [-0.25, -0.2) is 4.72 Å². The molecule has 0 aromatic carbocycles. The van der Waals surface area contributed by atoms with Gasteiger partial charge in [0.2, 0.25) is 0 Å². The number of hydrogen-bond acceptors (Lipinski definition) is 3. The molecule has 5 nitrogen and oxygen atoms in total. The molecule has 0 aromatic rings. The molecule has 0 radical (unpaired) electrons. The normalized spacial score (nSPS) is 22.3. The van der Waals surface area contributed by atoms with Gasteiger partial charge in [-0.3, -0.25) is 0 Å². The van der Waals surface area contributed by atoms with Crippen LogP contribution < -0.4 is 10.0 Å². The number of piperidine rings is 1. The van der Waals surface area contributed by atoms with Crippen LogP contribution in [0.1, 0.15) is 39.5 Å². The molecule has 1 aliphatic heterocycles. The van der Waals surface area contributed by atoms with Gasteiger partial charge in [0.05, 0.1) is 0 Å². The zero-order valence-corrected chi connectivity index (χ0v) is 11.9. The van der Waals surface area contributed by atoms with Crippen molar-refractivity contribution < 1.29 is 8.42 Å². The van der Waals surface area contributed by atoms with E-state index >= 15 is 0 Å². The molecule has 17 heavy (non-hydrogen) atoms. The van der Waals surface area contributed by atoms with Crippen LogP contribution in [0.4, 0.5) is 0 Å². The molecule has 1 heterocycles. The second-order valence-corrected chi connectivity index (χ2v) is 6.76. The van der Waals surface area contributed by atoms with Crippen LogP contribution >= 0.6 is 0 Å². The SMILES string of the molecule is CC(C)N(C)S(=O)(=O)NCCC1CCCCN1. The summed E-state index contributed by atoms with van der Waals surface area (Å²) in [5.74, 6) is 0. The first kappa shape index (κ1) is 14.9. The number of hydrogen-bond donors (Lipinski definition) is 2. The highest BCUT2D eigenvalue weighted by atomic mass is 32.2. The van der Waals surface area contributed by atoms with Gasteiger partial charge in [-0.15, -0.1) is 0 Å². The first-order valence-corrected chi connectivity index (χ1v) is 7.83. The van der Waals surface area contributed by atoms with Crippen LogP contribution in [0.3, 0.4) is 0 Å². The molecule has 1 aliphatic rings. The minimum Gasteiger partial charge on any atom is -0.314 e. The summed E-state index contributed by atoms with van der Waals surface area (Å²) in [7, 11) is -1.70. The smallest absolute Gasteiger partial charge is 0.279 e. The Hall–Kier alpha value is -0.170. The van der Waals surface area contributed by atoms with Crippen molar-refractivity contribution in [3.8, 4) is 0 Å². The molecule has 102 valence electrons. The summed E-state index contributed by atoms with van der Waals surface area (Å²) in [6.07, 6.45) is 4.50. The summed E-state index contributed by atoms with van der Waals surface area (Å²) in [6, 6.07) is 0.455. The van der Waals surface area contributed by atoms with E-state index in [9.17, 15) is 8.42 Å². The van der Waals surface area contributed by atoms with Gasteiger partial charge in [-0.2, -0.15) is 12.7 Å². The van der Waals surface area contributed by atoms with Crippen molar-refractivity contribution in [1.82, 2.24) is 14.3 Å². The zero-order valence-electron chi connectivity index (χ0n) is 11.1. The van der Waals surface area contributed by atoms with Crippen molar-refractivity contribution in [3.05, 3.63) is 0 Å². The van der Waals surface area contributed by atoms with Crippen LogP contribution in [-0.2, 0) is 10.2 Å². The first-order valence-electron chi connectivity index (χ1n) is 6.39. The monoisotopic (exact) mass is 263 g/mol. The molecule has 0 bridgehead atoms. The molecule has 1 atom stereocenters.